The maximum Gasteiger partial charge on any atom is 0.378 e. The molecule has 0 saturated carbocycles. The molecule has 0 amide bonds. The Bertz CT molecular complexity index is 973. The lowest BCUT2D eigenvalue weighted by Crippen LogP contribution is -2.18. The molecule has 0 radical (unpaired) electrons. The third kappa shape index (κ3) is 2.06. The first kappa shape index (κ1) is 13.7. The van der Waals surface area contributed by atoms with Gasteiger partial charge in [-0.1, -0.05) is 0 Å². The number of H-pyrrole nitrogens is 1. The number of esters is 1. The van der Waals surface area contributed by atoms with Gasteiger partial charge in [-0.25, -0.2) is 14.6 Å². The van der Waals surface area contributed by atoms with E-state index in [0.717, 1.165) is 4.52 Å². The van der Waals surface area contributed by atoms with Crippen LogP contribution in [0, 0.1) is 10.1 Å². The number of nitrogens with one attached hydrogen (secondary N) is 1. The Morgan fingerprint density at radius 3 is 2.95 bits per heavy atom. The van der Waals surface area contributed by atoms with E-state index in [4.69, 9.17) is 4.74 Å². The summed E-state index contributed by atoms with van der Waals surface area (Å²) in [5.41, 5.74) is -0.377. The van der Waals surface area contributed by atoms with E-state index in [9.17, 15) is 19.7 Å². The van der Waals surface area contributed by atoms with E-state index in [1.54, 1.807) is 6.92 Å². The maximum absolute atomic E-state index is 11.9. The zero-order valence-electron chi connectivity index (χ0n) is 11.3. The zero-order valence-corrected chi connectivity index (χ0v) is 11.3. The first-order valence-corrected chi connectivity index (χ1v) is 6.25. The van der Waals surface area contributed by atoms with Gasteiger partial charge >= 0.3 is 11.7 Å². The fourth-order valence-corrected chi connectivity index (χ4v) is 2.02. The smallest absolute Gasteiger partial charge is 0.378 e. The molecule has 0 bridgehead atoms. The summed E-state index contributed by atoms with van der Waals surface area (Å²) < 4.78 is 5.65. The third-order valence-corrected chi connectivity index (χ3v) is 2.95. The van der Waals surface area contributed by atoms with Crippen molar-refractivity contribution in [2.75, 3.05) is 6.61 Å². The number of nitro groups is 1. The Hall–Kier alpha value is -3.30. The summed E-state index contributed by atoms with van der Waals surface area (Å²) in [5.74, 6) is -1.06. The fraction of sp³-hybridized carbons (Fsp3) is 0.167. The molecule has 3 rings (SSSR count). The summed E-state index contributed by atoms with van der Waals surface area (Å²) in [6.45, 7) is 1.76. The van der Waals surface area contributed by atoms with Gasteiger partial charge in [-0.15, -0.1) is 5.10 Å². The number of carbonyl (C=O) groups excluding carboxylic acids is 1. The third-order valence-electron chi connectivity index (χ3n) is 2.95. The number of ether oxygens (including phenoxy) is 1. The fourth-order valence-electron chi connectivity index (χ4n) is 2.02. The number of non-ortho nitro benzene ring substituents is 1. The SMILES string of the molecule is CCOC(=O)c1nc2c3cc([N+](=O)[O-])ccc3[nH]c(=O)n2n1. The molecule has 22 heavy (non-hydrogen) atoms. The number of benzene rings is 1. The lowest BCUT2D eigenvalue weighted by molar-refractivity contribution is -0.384. The number of rotatable bonds is 3. The van der Waals surface area contributed by atoms with Crippen LogP contribution in [0.1, 0.15) is 17.5 Å². The summed E-state index contributed by atoms with van der Waals surface area (Å²) in [7, 11) is 0. The molecule has 1 N–H and O–H groups in total. The van der Waals surface area contributed by atoms with Gasteiger partial charge in [0.15, 0.2) is 5.65 Å². The topological polar surface area (TPSA) is 132 Å². The van der Waals surface area contributed by atoms with Gasteiger partial charge in [0.2, 0.25) is 0 Å². The predicted octanol–water partition coefficient (Wildman–Crippen LogP) is 0.656. The van der Waals surface area contributed by atoms with Crippen molar-refractivity contribution in [3.05, 3.63) is 44.6 Å². The lowest BCUT2D eigenvalue weighted by Gasteiger charge is -1.99. The van der Waals surface area contributed by atoms with Crippen LogP contribution >= 0.6 is 0 Å². The minimum Gasteiger partial charge on any atom is -0.460 e. The second-order valence-corrected chi connectivity index (χ2v) is 4.31. The molecule has 1 aromatic carbocycles. The van der Waals surface area contributed by atoms with Crippen molar-refractivity contribution in [2.24, 2.45) is 0 Å². The average Bonchev–Trinajstić information content (AvgIpc) is 2.93. The van der Waals surface area contributed by atoms with E-state index in [0.29, 0.717) is 10.9 Å². The number of aromatic nitrogens is 4. The van der Waals surface area contributed by atoms with Crippen molar-refractivity contribution in [2.45, 2.75) is 6.92 Å². The van der Waals surface area contributed by atoms with Crippen LogP contribution in [0.5, 0.6) is 0 Å². The van der Waals surface area contributed by atoms with E-state index in [1.165, 1.54) is 18.2 Å². The highest BCUT2D eigenvalue weighted by Crippen LogP contribution is 2.21. The van der Waals surface area contributed by atoms with Gasteiger partial charge in [0.1, 0.15) is 0 Å². The molecule has 0 spiro atoms. The van der Waals surface area contributed by atoms with E-state index >= 15 is 0 Å². The van der Waals surface area contributed by atoms with Gasteiger partial charge in [0.25, 0.3) is 11.5 Å². The Balaban J connectivity index is 2.33. The van der Waals surface area contributed by atoms with E-state index < -0.39 is 16.6 Å². The second-order valence-electron chi connectivity index (χ2n) is 4.31. The molecule has 0 fully saturated rings. The molecule has 10 nitrogen and oxygen atoms in total. The van der Waals surface area contributed by atoms with Crippen LogP contribution in [-0.4, -0.2) is 37.1 Å². The molecule has 0 atom stereocenters. The number of nitro benzene ring substituents is 1. The van der Waals surface area contributed by atoms with E-state index in [-0.39, 0.29) is 23.8 Å². The molecule has 0 unspecified atom stereocenters. The lowest BCUT2D eigenvalue weighted by atomic mass is 10.2. The first-order valence-electron chi connectivity index (χ1n) is 6.25. The van der Waals surface area contributed by atoms with Gasteiger partial charge in [0, 0.05) is 17.5 Å². The number of fused-ring (bicyclic) bond motifs is 3. The second kappa shape index (κ2) is 4.91. The van der Waals surface area contributed by atoms with Crippen LogP contribution in [0.3, 0.4) is 0 Å². The van der Waals surface area contributed by atoms with Crippen LogP contribution in [-0.2, 0) is 4.74 Å². The van der Waals surface area contributed by atoms with Crippen molar-refractivity contribution in [1.82, 2.24) is 19.6 Å². The molecular weight excluding hydrogens is 294 g/mol. The molecular formula is C12H9N5O5. The normalized spacial score (nSPS) is 11.0. The van der Waals surface area contributed by atoms with E-state index in [2.05, 4.69) is 15.1 Å². The summed E-state index contributed by atoms with van der Waals surface area (Å²) in [4.78, 5) is 40.3. The minimum absolute atomic E-state index is 0.0468. The average molecular weight is 303 g/mol. The Kier molecular flexibility index (Phi) is 3.05. The molecule has 10 heteroatoms. The van der Waals surface area contributed by atoms with Crippen molar-refractivity contribution >= 4 is 28.2 Å². The predicted molar refractivity (Wildman–Crippen MR) is 73.7 cm³/mol. The van der Waals surface area contributed by atoms with Crippen molar-refractivity contribution in [1.29, 1.82) is 0 Å². The number of aromatic amines is 1. The highest BCUT2D eigenvalue weighted by Gasteiger charge is 2.18. The summed E-state index contributed by atoms with van der Waals surface area (Å²) in [6, 6.07) is 3.91. The largest absolute Gasteiger partial charge is 0.460 e. The quantitative estimate of drug-likeness (QED) is 0.426. The number of hydrogen-bond donors (Lipinski definition) is 1. The number of nitrogens with zero attached hydrogens (tertiary/aromatic N) is 4. The number of hydrogen-bond acceptors (Lipinski definition) is 7. The van der Waals surface area contributed by atoms with Gasteiger partial charge in [-0.2, -0.15) is 4.52 Å². The molecule has 112 valence electrons. The molecule has 2 aromatic heterocycles. The molecule has 0 saturated heterocycles. The highest BCUT2D eigenvalue weighted by atomic mass is 16.6. The van der Waals surface area contributed by atoms with Gasteiger partial charge in [-0.05, 0) is 13.0 Å². The Morgan fingerprint density at radius 1 is 1.50 bits per heavy atom. The highest BCUT2D eigenvalue weighted by molar-refractivity contribution is 5.94. The molecule has 0 aliphatic heterocycles. The zero-order chi connectivity index (χ0) is 15.9. The molecule has 2 heterocycles. The maximum atomic E-state index is 11.9. The summed E-state index contributed by atoms with van der Waals surface area (Å²) in [5, 5.41) is 14.9. The van der Waals surface area contributed by atoms with Gasteiger partial charge in [0.05, 0.1) is 17.0 Å². The first-order chi connectivity index (χ1) is 10.5. The van der Waals surface area contributed by atoms with Crippen molar-refractivity contribution < 1.29 is 14.5 Å². The van der Waals surface area contributed by atoms with Crippen LogP contribution in [0.4, 0.5) is 5.69 Å². The Morgan fingerprint density at radius 2 is 2.27 bits per heavy atom. The molecule has 0 aliphatic rings. The Labute approximate surface area is 121 Å². The van der Waals surface area contributed by atoms with Gasteiger partial charge in [-0.3, -0.25) is 10.1 Å². The number of carbonyl (C=O) groups is 1. The van der Waals surface area contributed by atoms with Crippen LogP contribution < -0.4 is 5.69 Å². The molecule has 3 aromatic rings. The minimum atomic E-state index is -0.774. The van der Waals surface area contributed by atoms with Gasteiger partial charge < -0.3 is 9.72 Å². The summed E-state index contributed by atoms with van der Waals surface area (Å²) >= 11 is 0. The van der Waals surface area contributed by atoms with Crippen LogP contribution in [0.2, 0.25) is 0 Å². The van der Waals surface area contributed by atoms with E-state index in [1.807, 2.05) is 0 Å². The van der Waals surface area contributed by atoms with Crippen LogP contribution in [0.15, 0.2) is 23.0 Å². The molecule has 0 aliphatic carbocycles. The standard InChI is InChI=1S/C12H9N5O5/c1-2-22-11(18)9-14-10-7-5-6(17(20)21)3-4-8(7)13-12(19)16(10)15-9/h3-5H,2H2,1H3,(H,13,19). The van der Waals surface area contributed by atoms with Crippen molar-refractivity contribution in [3.8, 4) is 0 Å². The summed E-state index contributed by atoms with van der Waals surface area (Å²) in [6.07, 6.45) is 0. The van der Waals surface area contributed by atoms with Crippen LogP contribution in [0.25, 0.3) is 16.6 Å². The monoisotopic (exact) mass is 303 g/mol. The van der Waals surface area contributed by atoms with Crippen molar-refractivity contribution in [3.63, 3.8) is 0 Å².